The van der Waals surface area contributed by atoms with Gasteiger partial charge >= 0.3 is 5.69 Å². The molecule has 0 aromatic heterocycles. The van der Waals surface area contributed by atoms with Crippen molar-refractivity contribution in [1.29, 1.82) is 0 Å². The summed E-state index contributed by atoms with van der Waals surface area (Å²) in [4.78, 5) is 13.3. The van der Waals surface area contributed by atoms with Gasteiger partial charge in [0.15, 0.2) is 8.32 Å². The van der Waals surface area contributed by atoms with E-state index in [-0.39, 0.29) is 10.7 Å². The maximum atomic E-state index is 11.6. The van der Waals surface area contributed by atoms with Crippen molar-refractivity contribution in [3.63, 3.8) is 0 Å². The number of nitrogens with zero attached hydrogens (tertiary/aromatic N) is 2. The van der Waals surface area contributed by atoms with Gasteiger partial charge in [-0.3, -0.25) is 10.1 Å². The Bertz CT molecular complexity index is 652. The molecule has 26 heavy (non-hydrogen) atoms. The number of benzene rings is 1. The lowest BCUT2D eigenvalue weighted by Gasteiger charge is -2.36. The Balaban J connectivity index is 2.37. The Hall–Kier alpha value is -1.64. The molecule has 0 aliphatic carbocycles. The number of hydrogen-bond donors (Lipinski definition) is 0. The molecule has 0 unspecified atom stereocenters. The van der Waals surface area contributed by atoms with Crippen LogP contribution in [-0.4, -0.2) is 46.7 Å². The number of methoxy groups -OCH3 is 1. The number of nitro benzene ring substituents is 1. The molecule has 0 saturated carbocycles. The van der Waals surface area contributed by atoms with E-state index >= 15 is 0 Å². The van der Waals surface area contributed by atoms with E-state index in [1.54, 1.807) is 6.07 Å². The molecular weight excluding hydrogens is 352 g/mol. The standard InChI is InChI=1S/C18H30N2O5Si/c1-18(2,3)26(5,6)25-13-14-11-15(19-7-9-24-10-8-19)17(23-4)16(12-14)20(21)22/h11-12H,7-10,13H2,1-6H3. The molecule has 0 bridgehead atoms. The van der Waals surface area contributed by atoms with Gasteiger partial charge in [-0.1, -0.05) is 20.8 Å². The zero-order valence-corrected chi connectivity index (χ0v) is 17.6. The topological polar surface area (TPSA) is 74.1 Å². The average Bonchev–Trinajstić information content (AvgIpc) is 2.58. The first kappa shape index (κ1) is 20.7. The molecular formula is C18H30N2O5Si. The van der Waals surface area contributed by atoms with Crippen LogP contribution in [0.15, 0.2) is 12.1 Å². The Labute approximate surface area is 156 Å². The molecule has 0 N–H and O–H groups in total. The van der Waals surface area contributed by atoms with Crippen LogP contribution >= 0.6 is 0 Å². The number of ether oxygens (including phenoxy) is 2. The fourth-order valence-electron chi connectivity index (χ4n) is 2.60. The van der Waals surface area contributed by atoms with Gasteiger partial charge in [0.05, 0.1) is 37.5 Å². The van der Waals surface area contributed by atoms with Gasteiger partial charge in [-0.2, -0.15) is 0 Å². The largest absolute Gasteiger partial charge is 0.489 e. The van der Waals surface area contributed by atoms with Gasteiger partial charge in [-0.15, -0.1) is 0 Å². The average molecular weight is 383 g/mol. The van der Waals surface area contributed by atoms with Gasteiger partial charge in [0.25, 0.3) is 0 Å². The predicted octanol–water partition coefficient (Wildman–Crippen LogP) is 3.96. The van der Waals surface area contributed by atoms with Crippen LogP contribution < -0.4 is 9.64 Å². The summed E-state index contributed by atoms with van der Waals surface area (Å²) < 4.78 is 17.0. The van der Waals surface area contributed by atoms with E-state index in [4.69, 9.17) is 13.9 Å². The lowest BCUT2D eigenvalue weighted by Crippen LogP contribution is -2.40. The summed E-state index contributed by atoms with van der Waals surface area (Å²) in [6.45, 7) is 13.8. The van der Waals surface area contributed by atoms with Crippen LogP contribution in [0.5, 0.6) is 5.75 Å². The molecule has 2 rings (SSSR count). The second-order valence-corrected chi connectivity index (χ2v) is 12.9. The maximum absolute atomic E-state index is 11.6. The third-order valence-corrected chi connectivity index (χ3v) is 9.75. The Morgan fingerprint density at radius 3 is 2.38 bits per heavy atom. The van der Waals surface area contributed by atoms with Crippen molar-refractivity contribution in [2.24, 2.45) is 0 Å². The van der Waals surface area contributed by atoms with Crippen molar-refractivity contribution >= 4 is 19.7 Å². The van der Waals surface area contributed by atoms with E-state index < -0.39 is 13.2 Å². The quantitative estimate of drug-likeness (QED) is 0.421. The molecule has 146 valence electrons. The predicted molar refractivity (Wildman–Crippen MR) is 105 cm³/mol. The summed E-state index contributed by atoms with van der Waals surface area (Å²) >= 11 is 0. The zero-order valence-electron chi connectivity index (χ0n) is 16.6. The number of nitro groups is 1. The van der Waals surface area contributed by atoms with Gasteiger partial charge in [-0.05, 0) is 29.8 Å². The molecule has 1 saturated heterocycles. The molecule has 1 aromatic rings. The molecule has 0 atom stereocenters. The van der Waals surface area contributed by atoms with Gasteiger partial charge < -0.3 is 18.8 Å². The molecule has 0 amide bonds. The van der Waals surface area contributed by atoms with E-state index in [2.05, 4.69) is 38.8 Å². The summed E-state index contributed by atoms with van der Waals surface area (Å²) in [5, 5.41) is 11.7. The normalized spacial score (nSPS) is 15.8. The molecule has 0 spiro atoms. The second-order valence-electron chi connectivity index (χ2n) is 8.07. The lowest BCUT2D eigenvalue weighted by atomic mass is 10.1. The fraction of sp³-hybridized carbons (Fsp3) is 0.667. The first-order valence-corrected chi connectivity index (χ1v) is 11.8. The van der Waals surface area contributed by atoms with E-state index in [1.807, 2.05) is 6.07 Å². The smallest absolute Gasteiger partial charge is 0.313 e. The van der Waals surface area contributed by atoms with Gasteiger partial charge in [0.1, 0.15) is 0 Å². The first-order chi connectivity index (χ1) is 12.1. The van der Waals surface area contributed by atoms with Crippen LogP contribution in [0, 0.1) is 10.1 Å². The third-order valence-electron chi connectivity index (χ3n) is 5.27. The molecule has 1 aromatic carbocycles. The highest BCUT2D eigenvalue weighted by Crippen LogP contribution is 2.41. The minimum Gasteiger partial charge on any atom is -0.489 e. The highest BCUT2D eigenvalue weighted by Gasteiger charge is 2.37. The maximum Gasteiger partial charge on any atom is 0.313 e. The Morgan fingerprint density at radius 2 is 1.88 bits per heavy atom. The summed E-state index contributed by atoms with van der Waals surface area (Å²) in [6.07, 6.45) is 0. The lowest BCUT2D eigenvalue weighted by molar-refractivity contribution is -0.385. The minimum atomic E-state index is -1.95. The molecule has 1 aliphatic rings. The second kappa shape index (κ2) is 7.94. The monoisotopic (exact) mass is 382 g/mol. The SMILES string of the molecule is COc1c(N2CCOCC2)cc(CO[Si](C)(C)C(C)(C)C)cc1[N+](=O)[O-]. The third kappa shape index (κ3) is 4.55. The number of anilines is 1. The summed E-state index contributed by atoms with van der Waals surface area (Å²) in [7, 11) is -0.475. The van der Waals surface area contributed by atoms with E-state index in [0.29, 0.717) is 38.7 Å². The van der Waals surface area contributed by atoms with Crippen molar-refractivity contribution in [1.82, 2.24) is 0 Å². The van der Waals surface area contributed by atoms with Gasteiger partial charge in [0, 0.05) is 19.2 Å². The van der Waals surface area contributed by atoms with Crippen LogP contribution in [0.2, 0.25) is 18.1 Å². The Morgan fingerprint density at radius 1 is 1.27 bits per heavy atom. The first-order valence-electron chi connectivity index (χ1n) is 8.89. The van der Waals surface area contributed by atoms with Crippen LogP contribution in [0.3, 0.4) is 0 Å². The van der Waals surface area contributed by atoms with E-state index in [0.717, 1.165) is 11.3 Å². The van der Waals surface area contributed by atoms with Crippen molar-refractivity contribution < 1.29 is 18.8 Å². The zero-order chi connectivity index (χ0) is 19.5. The highest BCUT2D eigenvalue weighted by molar-refractivity contribution is 6.74. The Kier molecular flexibility index (Phi) is 6.31. The highest BCUT2D eigenvalue weighted by atomic mass is 28.4. The van der Waals surface area contributed by atoms with Crippen LogP contribution in [0.1, 0.15) is 26.3 Å². The molecule has 1 fully saturated rings. The minimum absolute atomic E-state index is 0.0228. The number of morpholine rings is 1. The van der Waals surface area contributed by atoms with Crippen LogP contribution in [0.4, 0.5) is 11.4 Å². The van der Waals surface area contributed by atoms with E-state index in [9.17, 15) is 10.1 Å². The van der Waals surface area contributed by atoms with Crippen molar-refractivity contribution in [2.75, 3.05) is 38.3 Å². The van der Waals surface area contributed by atoms with Crippen molar-refractivity contribution in [3.8, 4) is 5.75 Å². The van der Waals surface area contributed by atoms with Gasteiger partial charge in [-0.25, -0.2) is 0 Å². The molecule has 1 aliphatic heterocycles. The number of hydrogen-bond acceptors (Lipinski definition) is 6. The molecule has 7 nitrogen and oxygen atoms in total. The van der Waals surface area contributed by atoms with E-state index in [1.165, 1.54) is 7.11 Å². The summed E-state index contributed by atoms with van der Waals surface area (Å²) in [5.41, 5.74) is 1.51. The van der Waals surface area contributed by atoms with Crippen LogP contribution in [-0.2, 0) is 15.8 Å². The van der Waals surface area contributed by atoms with Gasteiger partial charge in [0.2, 0.25) is 5.75 Å². The summed E-state index contributed by atoms with van der Waals surface area (Å²) in [5.74, 6) is 0.299. The fourth-order valence-corrected chi connectivity index (χ4v) is 3.56. The molecule has 8 heteroatoms. The van der Waals surface area contributed by atoms with Crippen LogP contribution in [0.25, 0.3) is 0 Å². The molecule has 1 heterocycles. The van der Waals surface area contributed by atoms with Crippen molar-refractivity contribution in [2.45, 2.75) is 45.5 Å². The molecule has 0 radical (unpaired) electrons. The van der Waals surface area contributed by atoms with Crippen molar-refractivity contribution in [3.05, 3.63) is 27.8 Å². The number of rotatable bonds is 6. The summed E-state index contributed by atoms with van der Waals surface area (Å²) in [6, 6.07) is 3.51.